The second-order valence-electron chi connectivity index (χ2n) is 6.34. The third kappa shape index (κ3) is 4.87. The normalized spacial score (nSPS) is 22.4. The molecule has 1 heterocycles. The summed E-state index contributed by atoms with van der Waals surface area (Å²) >= 11 is 1.51. The van der Waals surface area contributed by atoms with Gasteiger partial charge in [0.1, 0.15) is 10.8 Å². The number of rotatable bonds is 1. The van der Waals surface area contributed by atoms with E-state index < -0.39 is 0 Å². The molecule has 110 valence electrons. The van der Waals surface area contributed by atoms with Gasteiger partial charge in [0.05, 0.1) is 7.85 Å². The first-order valence-corrected chi connectivity index (χ1v) is 9.08. The second kappa shape index (κ2) is 8.16. The van der Waals surface area contributed by atoms with Crippen molar-refractivity contribution < 1.29 is 0 Å². The Hall–Kier alpha value is -0.375. The number of aromatic nitrogens is 2. The highest BCUT2D eigenvalue weighted by Gasteiger charge is 2.28. The Balaban J connectivity index is 1.98. The monoisotopic (exact) mass is 290 g/mol. The fourth-order valence-electron chi connectivity index (χ4n) is 3.13. The molecule has 20 heavy (non-hydrogen) atoms. The van der Waals surface area contributed by atoms with Crippen LogP contribution in [0.4, 0.5) is 0 Å². The highest BCUT2D eigenvalue weighted by molar-refractivity contribution is 7.05. The lowest BCUT2D eigenvalue weighted by Crippen LogP contribution is -2.26. The molecule has 1 aromatic heterocycles. The van der Waals surface area contributed by atoms with E-state index in [0.717, 1.165) is 23.7 Å². The van der Waals surface area contributed by atoms with Crippen LogP contribution in [0.25, 0.3) is 0 Å². The van der Waals surface area contributed by atoms with E-state index in [0.29, 0.717) is 0 Å². The van der Waals surface area contributed by atoms with Crippen molar-refractivity contribution in [2.24, 2.45) is 0 Å². The quantitative estimate of drug-likeness (QED) is 0.687. The average Bonchev–Trinajstić information content (AvgIpc) is 2.87. The maximum atomic E-state index is 6.72. The first-order chi connectivity index (χ1) is 9.71. The summed E-state index contributed by atoms with van der Waals surface area (Å²) in [5.41, 5.74) is 0. The van der Waals surface area contributed by atoms with Crippen molar-refractivity contribution in [3.05, 3.63) is 10.8 Å². The molecule has 1 aromatic rings. The van der Waals surface area contributed by atoms with Crippen LogP contribution in [0.3, 0.4) is 0 Å². The van der Waals surface area contributed by atoms with Gasteiger partial charge in [0.15, 0.2) is 0 Å². The lowest BCUT2D eigenvalue weighted by atomic mass is 9.63. The van der Waals surface area contributed by atoms with Crippen molar-refractivity contribution in [3.63, 3.8) is 0 Å². The average molecular weight is 290 g/mol. The molecule has 2 rings (SSSR count). The van der Waals surface area contributed by atoms with E-state index in [9.17, 15) is 0 Å². The lowest BCUT2D eigenvalue weighted by Gasteiger charge is -2.27. The zero-order valence-corrected chi connectivity index (χ0v) is 13.7. The molecular formula is C16H27BN2S. The molecule has 0 bridgehead atoms. The molecule has 2 nitrogen and oxygen atoms in total. The largest absolute Gasteiger partial charge is 0.225 e. The van der Waals surface area contributed by atoms with Gasteiger partial charge in [0.25, 0.3) is 0 Å². The van der Waals surface area contributed by atoms with Gasteiger partial charge >= 0.3 is 0 Å². The fourth-order valence-corrected chi connectivity index (χ4v) is 3.95. The van der Waals surface area contributed by atoms with Crippen molar-refractivity contribution in [2.45, 2.75) is 89.3 Å². The molecule has 4 heteroatoms. The van der Waals surface area contributed by atoms with E-state index in [2.05, 4.69) is 9.36 Å². The van der Waals surface area contributed by atoms with Crippen LogP contribution in [0.15, 0.2) is 0 Å². The molecule has 0 saturated heterocycles. The van der Waals surface area contributed by atoms with Gasteiger partial charge in [-0.2, -0.15) is 4.37 Å². The Kier molecular flexibility index (Phi) is 6.53. The molecule has 1 fully saturated rings. The smallest absolute Gasteiger partial charge is 0.139 e. The Labute approximate surface area is 129 Å². The summed E-state index contributed by atoms with van der Waals surface area (Å²) in [7, 11) is 6.72. The molecule has 0 N–H and O–H groups in total. The third-order valence-electron chi connectivity index (χ3n) is 4.45. The Morgan fingerprint density at radius 3 is 1.70 bits per heavy atom. The van der Waals surface area contributed by atoms with E-state index >= 15 is 0 Å². The van der Waals surface area contributed by atoms with E-state index in [1.165, 1.54) is 75.7 Å². The molecule has 2 radical (unpaired) electrons. The van der Waals surface area contributed by atoms with Crippen LogP contribution in [0.1, 0.15) is 87.9 Å². The van der Waals surface area contributed by atoms with Crippen molar-refractivity contribution in [3.8, 4) is 0 Å². The third-order valence-corrected chi connectivity index (χ3v) is 5.48. The van der Waals surface area contributed by atoms with Crippen LogP contribution >= 0.6 is 11.5 Å². The van der Waals surface area contributed by atoms with E-state index in [1.54, 1.807) is 0 Å². The summed E-state index contributed by atoms with van der Waals surface area (Å²) in [6, 6.07) is 0. The molecule has 0 amide bonds. The number of hydrogen-bond donors (Lipinski definition) is 0. The van der Waals surface area contributed by atoms with Gasteiger partial charge in [-0.15, -0.1) is 0 Å². The molecule has 0 spiro atoms. The molecule has 0 unspecified atom stereocenters. The van der Waals surface area contributed by atoms with E-state index in [-0.39, 0.29) is 5.31 Å². The SMILES string of the molecule is [B]C1(c2nc(C)ns2)CCCCCCCCCCCC1. The first kappa shape index (κ1) is 16.0. The van der Waals surface area contributed by atoms with Crippen LogP contribution in [-0.2, 0) is 5.31 Å². The number of nitrogens with zero attached hydrogens (tertiary/aromatic N) is 2. The van der Waals surface area contributed by atoms with E-state index in [1.807, 2.05) is 6.92 Å². The molecule has 1 aliphatic rings. The van der Waals surface area contributed by atoms with Crippen molar-refractivity contribution in [2.75, 3.05) is 0 Å². The maximum Gasteiger partial charge on any atom is 0.139 e. The zero-order chi connectivity index (χ0) is 14.3. The number of aryl methyl sites for hydroxylation is 1. The molecule has 0 aromatic carbocycles. The summed E-state index contributed by atoms with van der Waals surface area (Å²) in [5.74, 6) is 0.873. The highest BCUT2D eigenvalue weighted by Crippen LogP contribution is 2.34. The summed E-state index contributed by atoms with van der Waals surface area (Å²) in [4.78, 5) is 4.58. The zero-order valence-electron chi connectivity index (χ0n) is 12.9. The van der Waals surface area contributed by atoms with E-state index in [4.69, 9.17) is 7.85 Å². The van der Waals surface area contributed by atoms with Crippen LogP contribution in [0.5, 0.6) is 0 Å². The van der Waals surface area contributed by atoms with Crippen LogP contribution < -0.4 is 0 Å². The van der Waals surface area contributed by atoms with Gasteiger partial charge in [0.2, 0.25) is 0 Å². The van der Waals surface area contributed by atoms with Gasteiger partial charge in [-0.1, -0.05) is 64.2 Å². The summed E-state index contributed by atoms with van der Waals surface area (Å²) < 4.78 is 4.33. The predicted octanol–water partition coefficient (Wildman–Crippen LogP) is 4.91. The molecule has 0 aliphatic heterocycles. The van der Waals surface area contributed by atoms with Crippen LogP contribution in [-0.4, -0.2) is 17.2 Å². The summed E-state index contributed by atoms with van der Waals surface area (Å²) in [6.45, 7) is 1.96. The van der Waals surface area contributed by atoms with Gasteiger partial charge in [0, 0.05) is 0 Å². The van der Waals surface area contributed by atoms with Gasteiger partial charge in [-0.25, -0.2) is 4.98 Å². The molecule has 0 atom stereocenters. The number of hydrogen-bond acceptors (Lipinski definition) is 3. The minimum absolute atomic E-state index is 0.222. The van der Waals surface area contributed by atoms with Crippen molar-refractivity contribution in [1.82, 2.24) is 9.36 Å². The predicted molar refractivity (Wildman–Crippen MR) is 87.5 cm³/mol. The minimum Gasteiger partial charge on any atom is -0.225 e. The molecule has 1 saturated carbocycles. The molecular weight excluding hydrogens is 263 g/mol. The first-order valence-electron chi connectivity index (χ1n) is 8.30. The highest BCUT2D eigenvalue weighted by atomic mass is 32.1. The summed E-state index contributed by atoms with van der Waals surface area (Å²) in [6.07, 6.45) is 15.6. The topological polar surface area (TPSA) is 25.8 Å². The second-order valence-corrected chi connectivity index (χ2v) is 7.09. The molecule has 1 aliphatic carbocycles. The van der Waals surface area contributed by atoms with Crippen LogP contribution in [0.2, 0.25) is 0 Å². The van der Waals surface area contributed by atoms with Crippen LogP contribution in [0, 0.1) is 6.92 Å². The van der Waals surface area contributed by atoms with Crippen molar-refractivity contribution >= 4 is 19.4 Å². The standard InChI is InChI=1S/C16H27BN2S/c1-14-18-15(20-19-14)16(17)12-10-8-6-4-2-3-5-7-9-11-13-16/h2-13H2,1H3. The Morgan fingerprint density at radius 1 is 0.850 bits per heavy atom. The van der Waals surface area contributed by atoms with Crippen molar-refractivity contribution in [1.29, 1.82) is 0 Å². The van der Waals surface area contributed by atoms with Gasteiger partial charge < -0.3 is 0 Å². The Bertz CT molecular complexity index is 378. The fraction of sp³-hybridized carbons (Fsp3) is 0.875. The summed E-state index contributed by atoms with van der Waals surface area (Å²) in [5, 5.41) is 0.838. The van der Waals surface area contributed by atoms with Gasteiger partial charge in [-0.3, -0.25) is 0 Å². The van der Waals surface area contributed by atoms with Gasteiger partial charge in [-0.05, 0) is 36.6 Å². The minimum atomic E-state index is -0.222. The maximum absolute atomic E-state index is 6.72. The lowest BCUT2D eigenvalue weighted by molar-refractivity contribution is 0.451. The Morgan fingerprint density at radius 2 is 1.30 bits per heavy atom.